The number of nitrogens with zero attached hydrogens (tertiary/aromatic N) is 4. The fourth-order valence-corrected chi connectivity index (χ4v) is 4.99. The van der Waals surface area contributed by atoms with Gasteiger partial charge in [-0.2, -0.15) is 5.10 Å². The molecule has 3 aromatic carbocycles. The zero-order valence-corrected chi connectivity index (χ0v) is 21.8. The van der Waals surface area contributed by atoms with Crippen LogP contribution in [0.2, 0.25) is 0 Å². The van der Waals surface area contributed by atoms with Crippen molar-refractivity contribution >= 4 is 49.9 Å². The minimum atomic E-state index is 0.0404. The molecule has 0 spiro atoms. The van der Waals surface area contributed by atoms with E-state index in [0.717, 1.165) is 39.0 Å². The largest absolute Gasteiger partial charge is 0.503 e. The number of aromatic nitrogens is 2. The van der Waals surface area contributed by atoms with E-state index in [1.165, 1.54) is 18.4 Å². The molecule has 0 unspecified atom stereocenters. The van der Waals surface area contributed by atoms with Crippen LogP contribution in [0.4, 0.5) is 5.69 Å². The third-order valence-electron chi connectivity index (χ3n) is 5.49. The first kappa shape index (κ1) is 23.8. The molecule has 0 fully saturated rings. The molecule has 0 bridgehead atoms. The molecule has 7 nitrogen and oxygen atoms in total. The van der Waals surface area contributed by atoms with Crippen LogP contribution in [-0.4, -0.2) is 35.2 Å². The highest BCUT2D eigenvalue weighted by atomic mass is 79.9. The third kappa shape index (κ3) is 4.89. The number of halogens is 1. The molecular formula is C27H21BrN4O3S. The molecule has 2 aromatic heterocycles. The molecule has 0 aliphatic rings. The Bertz CT molecular complexity index is 1640. The van der Waals surface area contributed by atoms with Crippen LogP contribution in [0.15, 0.2) is 93.0 Å². The van der Waals surface area contributed by atoms with Gasteiger partial charge in [-0.1, -0.05) is 18.2 Å². The number of hydrogen-bond acceptors (Lipinski definition) is 7. The lowest BCUT2D eigenvalue weighted by Gasteiger charge is -2.08. The number of benzene rings is 3. The van der Waals surface area contributed by atoms with Crippen molar-refractivity contribution in [2.24, 2.45) is 10.1 Å². The molecule has 0 radical (unpaired) electrons. The first-order valence-corrected chi connectivity index (χ1v) is 12.6. The van der Waals surface area contributed by atoms with Crippen molar-refractivity contribution in [2.45, 2.75) is 0 Å². The van der Waals surface area contributed by atoms with Gasteiger partial charge in [0.2, 0.25) is 4.80 Å². The first-order valence-electron chi connectivity index (χ1n) is 10.9. The maximum Gasteiger partial charge on any atom is 0.211 e. The number of thiazole rings is 1. The lowest BCUT2D eigenvalue weighted by atomic mass is 10.1. The number of hydrogen-bond donors (Lipinski definition) is 1. The minimum absolute atomic E-state index is 0.0404. The standard InChI is InChI=1S/C27H21BrN4O3S/c1-34-22-8-7-18-12-20(6-5-19(18)13-22)24-16-36-27(31-21-4-3-9-29-15-21)32(24)30-14-17-10-23(28)26(33)25(11-17)35-2/h3-16,33H,1-2H3. The summed E-state index contributed by atoms with van der Waals surface area (Å²) in [5, 5.41) is 19.1. The quantitative estimate of drug-likeness (QED) is 0.245. The molecule has 9 heteroatoms. The minimum Gasteiger partial charge on any atom is -0.503 e. The van der Waals surface area contributed by atoms with Gasteiger partial charge in [0.05, 0.1) is 42.5 Å². The van der Waals surface area contributed by atoms with Crippen molar-refractivity contribution in [2.75, 3.05) is 14.2 Å². The topological polar surface area (TPSA) is 81.2 Å². The van der Waals surface area contributed by atoms with Crippen molar-refractivity contribution in [1.82, 2.24) is 9.66 Å². The van der Waals surface area contributed by atoms with Gasteiger partial charge in [-0.25, -0.2) is 9.67 Å². The van der Waals surface area contributed by atoms with E-state index < -0.39 is 0 Å². The van der Waals surface area contributed by atoms with Crippen molar-refractivity contribution in [3.8, 4) is 28.5 Å². The Hall–Kier alpha value is -3.95. The number of phenols is 1. The van der Waals surface area contributed by atoms with Crippen molar-refractivity contribution in [1.29, 1.82) is 0 Å². The van der Waals surface area contributed by atoms with Crippen molar-refractivity contribution in [3.05, 3.63) is 93.3 Å². The van der Waals surface area contributed by atoms with E-state index in [-0.39, 0.29) is 5.75 Å². The number of phenolic OH excluding ortho intramolecular Hbond substituents is 1. The summed E-state index contributed by atoms with van der Waals surface area (Å²) in [6.07, 6.45) is 5.13. The van der Waals surface area contributed by atoms with Crippen LogP contribution in [0.1, 0.15) is 5.56 Å². The van der Waals surface area contributed by atoms with Gasteiger partial charge in [-0.05, 0) is 74.7 Å². The van der Waals surface area contributed by atoms with Crippen LogP contribution < -0.4 is 14.3 Å². The maximum atomic E-state index is 10.1. The van der Waals surface area contributed by atoms with Gasteiger partial charge in [-0.15, -0.1) is 11.3 Å². The fraction of sp³-hybridized carbons (Fsp3) is 0.0741. The monoisotopic (exact) mass is 560 g/mol. The van der Waals surface area contributed by atoms with Gasteiger partial charge in [0.1, 0.15) is 5.75 Å². The van der Waals surface area contributed by atoms with Crippen LogP contribution in [0, 0.1) is 0 Å². The highest BCUT2D eigenvalue weighted by Gasteiger charge is 2.11. The Morgan fingerprint density at radius 3 is 2.64 bits per heavy atom. The van der Waals surface area contributed by atoms with Gasteiger partial charge < -0.3 is 14.6 Å². The third-order valence-corrected chi connectivity index (χ3v) is 6.91. The maximum absolute atomic E-state index is 10.1. The van der Waals surface area contributed by atoms with Crippen LogP contribution in [0.3, 0.4) is 0 Å². The molecule has 0 saturated carbocycles. The fourth-order valence-electron chi connectivity index (χ4n) is 3.68. The molecule has 36 heavy (non-hydrogen) atoms. The summed E-state index contributed by atoms with van der Waals surface area (Å²) in [7, 11) is 3.17. The summed E-state index contributed by atoms with van der Waals surface area (Å²) in [6.45, 7) is 0. The SMILES string of the molecule is COc1ccc2cc(-c3csc(=Nc4cccnc4)n3N=Cc3cc(Br)c(O)c(OC)c3)ccc2c1. The van der Waals surface area contributed by atoms with Crippen molar-refractivity contribution < 1.29 is 14.6 Å². The highest BCUT2D eigenvalue weighted by molar-refractivity contribution is 9.10. The predicted molar refractivity (Wildman–Crippen MR) is 147 cm³/mol. The smallest absolute Gasteiger partial charge is 0.211 e. The molecular weight excluding hydrogens is 540 g/mol. The van der Waals surface area contributed by atoms with Gasteiger partial charge in [0.15, 0.2) is 11.5 Å². The second-order valence-corrected chi connectivity index (χ2v) is 9.46. The molecule has 0 atom stereocenters. The molecule has 0 aliphatic heterocycles. The number of fused-ring (bicyclic) bond motifs is 1. The van der Waals surface area contributed by atoms with Crippen LogP contribution in [0.5, 0.6) is 17.2 Å². The predicted octanol–water partition coefficient (Wildman–Crippen LogP) is 6.36. The summed E-state index contributed by atoms with van der Waals surface area (Å²) >= 11 is 4.86. The van der Waals surface area contributed by atoms with Crippen LogP contribution in [-0.2, 0) is 0 Å². The average Bonchev–Trinajstić information content (AvgIpc) is 3.31. The van der Waals surface area contributed by atoms with Gasteiger partial charge in [0, 0.05) is 17.1 Å². The lowest BCUT2D eigenvalue weighted by molar-refractivity contribution is 0.372. The molecule has 2 heterocycles. The van der Waals surface area contributed by atoms with Gasteiger partial charge in [-0.3, -0.25) is 4.98 Å². The summed E-state index contributed by atoms with van der Waals surface area (Å²) < 4.78 is 13.0. The summed E-state index contributed by atoms with van der Waals surface area (Å²) in [4.78, 5) is 9.62. The average molecular weight is 561 g/mol. The lowest BCUT2D eigenvalue weighted by Crippen LogP contribution is -2.11. The van der Waals surface area contributed by atoms with E-state index in [9.17, 15) is 5.11 Å². The number of methoxy groups -OCH3 is 2. The molecule has 5 aromatic rings. The Morgan fingerprint density at radius 1 is 1.03 bits per heavy atom. The van der Waals surface area contributed by atoms with E-state index in [2.05, 4.69) is 39.1 Å². The first-order chi connectivity index (χ1) is 17.6. The van der Waals surface area contributed by atoms with E-state index in [0.29, 0.717) is 15.0 Å². The second-order valence-electron chi connectivity index (χ2n) is 7.76. The van der Waals surface area contributed by atoms with Gasteiger partial charge in [0.25, 0.3) is 0 Å². The van der Waals surface area contributed by atoms with E-state index in [4.69, 9.17) is 19.6 Å². The Balaban J connectivity index is 1.64. The van der Waals surface area contributed by atoms with Crippen LogP contribution in [0.25, 0.3) is 22.0 Å². The summed E-state index contributed by atoms with van der Waals surface area (Å²) in [5.74, 6) is 1.21. The molecule has 0 aliphatic carbocycles. The Labute approximate surface area is 219 Å². The molecule has 0 saturated heterocycles. The Kier molecular flexibility index (Phi) is 6.84. The number of ether oxygens (including phenoxy) is 2. The second kappa shape index (κ2) is 10.3. The van der Waals surface area contributed by atoms with Gasteiger partial charge >= 0.3 is 0 Å². The molecule has 1 N–H and O–H groups in total. The summed E-state index contributed by atoms with van der Waals surface area (Å²) in [6, 6.07) is 19.5. The van der Waals surface area contributed by atoms with E-state index in [1.807, 2.05) is 35.7 Å². The number of pyridine rings is 1. The molecule has 5 rings (SSSR count). The van der Waals surface area contributed by atoms with E-state index >= 15 is 0 Å². The summed E-state index contributed by atoms with van der Waals surface area (Å²) in [5.41, 5.74) is 3.37. The molecule has 180 valence electrons. The molecule has 0 amide bonds. The zero-order valence-electron chi connectivity index (χ0n) is 19.4. The Morgan fingerprint density at radius 2 is 1.86 bits per heavy atom. The number of aromatic hydroxyl groups is 1. The van der Waals surface area contributed by atoms with Crippen LogP contribution >= 0.6 is 27.3 Å². The number of rotatable bonds is 6. The van der Waals surface area contributed by atoms with Crippen molar-refractivity contribution in [3.63, 3.8) is 0 Å². The van der Waals surface area contributed by atoms with E-state index in [1.54, 1.807) is 42.5 Å². The highest BCUT2D eigenvalue weighted by Crippen LogP contribution is 2.35. The normalized spacial score (nSPS) is 11.9. The zero-order chi connectivity index (χ0) is 25.1.